The van der Waals surface area contributed by atoms with Crippen LogP contribution in [0.5, 0.6) is 0 Å². The van der Waals surface area contributed by atoms with Crippen molar-refractivity contribution in [2.45, 2.75) is 32.3 Å². The number of nitro benzene ring substituents is 1. The van der Waals surface area contributed by atoms with Crippen LogP contribution in [0.4, 0.5) is 11.4 Å². The lowest BCUT2D eigenvalue weighted by Gasteiger charge is -2.22. The fraction of sp³-hybridized carbons (Fsp3) is 0.333. The van der Waals surface area contributed by atoms with Crippen LogP contribution in [0.2, 0.25) is 0 Å². The van der Waals surface area contributed by atoms with Gasteiger partial charge in [-0.1, -0.05) is 25.0 Å². The van der Waals surface area contributed by atoms with Gasteiger partial charge in [-0.2, -0.15) is 5.26 Å². The molecule has 0 aliphatic carbocycles. The van der Waals surface area contributed by atoms with Crippen LogP contribution in [-0.2, 0) is 11.3 Å². The largest absolute Gasteiger partial charge is 0.457 e. The number of ether oxygens (including phenoxy) is 1. The molecule has 1 aliphatic heterocycles. The molecule has 0 aromatic heterocycles. The molecule has 144 valence electrons. The summed E-state index contributed by atoms with van der Waals surface area (Å²) < 4.78 is 5.27. The van der Waals surface area contributed by atoms with E-state index < -0.39 is 10.9 Å². The molecule has 0 radical (unpaired) electrons. The number of hydrogen-bond donors (Lipinski definition) is 0. The number of nitrogens with zero attached hydrogens (tertiary/aromatic N) is 3. The Bertz CT molecular complexity index is 895. The summed E-state index contributed by atoms with van der Waals surface area (Å²) in [5.74, 6) is -0.616. The Morgan fingerprint density at radius 1 is 1.11 bits per heavy atom. The van der Waals surface area contributed by atoms with Gasteiger partial charge in [0.15, 0.2) is 0 Å². The van der Waals surface area contributed by atoms with Gasteiger partial charge in [0.1, 0.15) is 12.3 Å². The summed E-state index contributed by atoms with van der Waals surface area (Å²) in [5.41, 5.74) is 1.89. The number of nitriles is 1. The lowest BCUT2D eigenvalue weighted by molar-refractivity contribution is -0.384. The second-order valence-electron chi connectivity index (χ2n) is 6.75. The third-order valence-corrected chi connectivity index (χ3v) is 4.81. The molecule has 1 aliphatic rings. The van der Waals surface area contributed by atoms with Crippen molar-refractivity contribution in [2.75, 3.05) is 18.0 Å². The van der Waals surface area contributed by atoms with Gasteiger partial charge in [-0.15, -0.1) is 0 Å². The molecular formula is C21H21N3O4. The SMILES string of the molecule is N#Cc1ccc(COC(=O)c2ccc(N3CCCCCC3)c([N+](=O)[O-])c2)cc1. The Balaban J connectivity index is 1.73. The lowest BCUT2D eigenvalue weighted by Crippen LogP contribution is -2.24. The molecule has 0 amide bonds. The van der Waals surface area contributed by atoms with E-state index in [9.17, 15) is 14.9 Å². The number of benzene rings is 2. The molecule has 2 aromatic carbocycles. The predicted octanol–water partition coefficient (Wildman–Crippen LogP) is 4.20. The first-order valence-corrected chi connectivity index (χ1v) is 9.28. The van der Waals surface area contributed by atoms with Crippen LogP contribution < -0.4 is 4.90 Å². The van der Waals surface area contributed by atoms with Crippen LogP contribution in [0.1, 0.15) is 47.2 Å². The second kappa shape index (κ2) is 9.00. The van der Waals surface area contributed by atoms with Crippen LogP contribution in [0.25, 0.3) is 0 Å². The third-order valence-electron chi connectivity index (χ3n) is 4.81. The van der Waals surface area contributed by atoms with Gasteiger partial charge in [-0.25, -0.2) is 4.79 Å². The number of carbonyl (C=O) groups is 1. The minimum atomic E-state index is -0.616. The highest BCUT2D eigenvalue weighted by molar-refractivity contribution is 5.91. The van der Waals surface area contributed by atoms with Crippen molar-refractivity contribution < 1.29 is 14.5 Å². The number of hydrogen-bond acceptors (Lipinski definition) is 6. The van der Waals surface area contributed by atoms with E-state index in [0.29, 0.717) is 11.3 Å². The summed E-state index contributed by atoms with van der Waals surface area (Å²) in [6.45, 7) is 1.60. The van der Waals surface area contributed by atoms with Gasteiger partial charge < -0.3 is 9.64 Å². The molecule has 0 unspecified atom stereocenters. The third kappa shape index (κ3) is 4.65. The summed E-state index contributed by atoms with van der Waals surface area (Å²) >= 11 is 0. The van der Waals surface area contributed by atoms with Gasteiger partial charge in [-0.3, -0.25) is 10.1 Å². The molecular weight excluding hydrogens is 358 g/mol. The Labute approximate surface area is 163 Å². The number of esters is 1. The van der Waals surface area contributed by atoms with E-state index in [2.05, 4.69) is 0 Å². The van der Waals surface area contributed by atoms with Crippen molar-refractivity contribution in [3.05, 3.63) is 69.3 Å². The molecule has 0 bridgehead atoms. The Kier molecular flexibility index (Phi) is 6.22. The molecule has 0 atom stereocenters. The van der Waals surface area contributed by atoms with E-state index in [4.69, 9.17) is 10.00 Å². The molecule has 1 saturated heterocycles. The normalized spacial score (nSPS) is 14.0. The predicted molar refractivity (Wildman–Crippen MR) is 104 cm³/mol. The fourth-order valence-electron chi connectivity index (χ4n) is 3.28. The van der Waals surface area contributed by atoms with Gasteiger partial charge in [0.05, 0.1) is 22.1 Å². The van der Waals surface area contributed by atoms with Crippen molar-refractivity contribution in [1.29, 1.82) is 5.26 Å². The highest BCUT2D eigenvalue weighted by Crippen LogP contribution is 2.31. The molecule has 3 rings (SSSR count). The first kappa shape index (κ1) is 19.4. The number of nitro groups is 1. The van der Waals surface area contributed by atoms with E-state index in [0.717, 1.165) is 44.3 Å². The summed E-state index contributed by atoms with van der Waals surface area (Å²) in [4.78, 5) is 25.5. The number of rotatable bonds is 5. The van der Waals surface area contributed by atoms with Gasteiger partial charge >= 0.3 is 5.97 Å². The monoisotopic (exact) mass is 379 g/mol. The van der Waals surface area contributed by atoms with Crippen LogP contribution in [0, 0.1) is 21.4 Å². The molecule has 1 heterocycles. The van der Waals surface area contributed by atoms with E-state index in [1.54, 1.807) is 36.4 Å². The minimum absolute atomic E-state index is 0.0339. The van der Waals surface area contributed by atoms with E-state index in [1.165, 1.54) is 6.07 Å². The number of carbonyl (C=O) groups excluding carboxylic acids is 1. The zero-order chi connectivity index (χ0) is 19.9. The van der Waals surface area contributed by atoms with Crippen LogP contribution in [0.15, 0.2) is 42.5 Å². The smallest absolute Gasteiger partial charge is 0.338 e. The molecule has 1 fully saturated rings. The first-order chi connectivity index (χ1) is 13.6. The van der Waals surface area contributed by atoms with E-state index in [1.807, 2.05) is 11.0 Å². The zero-order valence-corrected chi connectivity index (χ0v) is 15.5. The maximum atomic E-state index is 12.3. The van der Waals surface area contributed by atoms with Crippen molar-refractivity contribution in [1.82, 2.24) is 0 Å². The average molecular weight is 379 g/mol. The Morgan fingerprint density at radius 2 is 1.79 bits per heavy atom. The molecule has 28 heavy (non-hydrogen) atoms. The van der Waals surface area contributed by atoms with Crippen molar-refractivity contribution in [3.63, 3.8) is 0 Å². The van der Waals surface area contributed by atoms with Crippen molar-refractivity contribution in [2.24, 2.45) is 0 Å². The molecule has 0 saturated carbocycles. The molecule has 7 heteroatoms. The Hall–Kier alpha value is -3.40. The van der Waals surface area contributed by atoms with Crippen LogP contribution in [0.3, 0.4) is 0 Å². The van der Waals surface area contributed by atoms with Gasteiger partial charge in [0.25, 0.3) is 5.69 Å². The summed E-state index contributed by atoms with van der Waals surface area (Å²) in [7, 11) is 0. The van der Waals surface area contributed by atoms with Crippen LogP contribution in [-0.4, -0.2) is 24.0 Å². The van der Waals surface area contributed by atoms with Gasteiger partial charge in [0.2, 0.25) is 0 Å². The first-order valence-electron chi connectivity index (χ1n) is 9.28. The van der Waals surface area contributed by atoms with Crippen molar-refractivity contribution >= 4 is 17.3 Å². The Morgan fingerprint density at radius 3 is 2.39 bits per heavy atom. The maximum Gasteiger partial charge on any atom is 0.338 e. The lowest BCUT2D eigenvalue weighted by atomic mass is 10.1. The fourth-order valence-corrected chi connectivity index (χ4v) is 3.28. The molecule has 7 nitrogen and oxygen atoms in total. The van der Waals surface area contributed by atoms with Crippen molar-refractivity contribution in [3.8, 4) is 6.07 Å². The zero-order valence-electron chi connectivity index (χ0n) is 15.5. The highest BCUT2D eigenvalue weighted by Gasteiger charge is 2.23. The summed E-state index contributed by atoms with van der Waals surface area (Å²) in [6, 6.07) is 13.2. The van der Waals surface area contributed by atoms with E-state index >= 15 is 0 Å². The van der Waals surface area contributed by atoms with E-state index in [-0.39, 0.29) is 17.9 Å². The minimum Gasteiger partial charge on any atom is -0.457 e. The average Bonchev–Trinajstić information content (AvgIpc) is 3.01. The standard InChI is InChI=1S/C21H21N3O4/c22-14-16-5-7-17(8-6-16)15-28-21(25)18-9-10-19(20(13-18)24(26)27)23-11-3-1-2-4-12-23/h5-10,13H,1-4,11-12,15H2. The molecule has 0 N–H and O–H groups in total. The quantitative estimate of drug-likeness (QED) is 0.439. The van der Waals surface area contributed by atoms with Gasteiger partial charge in [0, 0.05) is 19.2 Å². The molecule has 0 spiro atoms. The second-order valence-corrected chi connectivity index (χ2v) is 6.75. The van der Waals surface area contributed by atoms with Crippen LogP contribution >= 0.6 is 0 Å². The highest BCUT2D eigenvalue weighted by atomic mass is 16.6. The van der Waals surface area contributed by atoms with Gasteiger partial charge in [-0.05, 0) is 42.7 Å². The molecule has 2 aromatic rings. The number of anilines is 1. The summed E-state index contributed by atoms with van der Waals surface area (Å²) in [6.07, 6.45) is 4.27. The topological polar surface area (TPSA) is 96.5 Å². The summed E-state index contributed by atoms with van der Waals surface area (Å²) in [5, 5.41) is 20.4. The maximum absolute atomic E-state index is 12.3.